The van der Waals surface area contributed by atoms with Gasteiger partial charge in [-0.15, -0.1) is 0 Å². The molecular weight excluding hydrogens is 654 g/mol. The van der Waals surface area contributed by atoms with E-state index in [1.807, 2.05) is 48.5 Å². The van der Waals surface area contributed by atoms with Crippen molar-refractivity contribution in [3.63, 3.8) is 0 Å². The lowest BCUT2D eigenvalue weighted by Crippen LogP contribution is -2.42. The summed E-state index contributed by atoms with van der Waals surface area (Å²) in [5.74, 6) is 0. The van der Waals surface area contributed by atoms with E-state index < -0.39 is 14.9 Å². The standard InChI is InChI=1S/C42H24N4O2P2/c47-49-41-37-25-13-1-5-17-29(25)43(49)33-21-9-10-22-34(33)44(49)31-19-7-3-15-27(31)39(41)40-28-16-4-8-20-32(28)46-36-24-12-11-23-35(36)45-30-18-6-2-14-26(30)38(37)42(40)50(45,46)48/h1-24H. The fraction of sp³-hybridized carbons (Fsp3) is 0. The average Bonchev–Trinajstić information content (AvgIpc) is 3.60. The predicted octanol–water partition coefficient (Wildman–Crippen LogP) is 11.2. The Bertz CT molecular complexity index is 2520. The predicted molar refractivity (Wildman–Crippen MR) is 204 cm³/mol. The van der Waals surface area contributed by atoms with E-state index in [4.69, 9.17) is 0 Å². The van der Waals surface area contributed by atoms with E-state index in [2.05, 4.69) is 116 Å². The summed E-state index contributed by atoms with van der Waals surface area (Å²) >= 11 is 0. The summed E-state index contributed by atoms with van der Waals surface area (Å²) in [6.45, 7) is 0. The minimum atomic E-state index is -3.60. The molecule has 234 valence electrons. The Morgan fingerprint density at radius 1 is 0.280 bits per heavy atom. The molecule has 13 rings (SSSR count). The molecule has 0 saturated heterocycles. The summed E-state index contributed by atoms with van der Waals surface area (Å²) in [7, 11) is -7.21. The molecule has 6 aliphatic rings. The summed E-state index contributed by atoms with van der Waals surface area (Å²) in [4.78, 5) is 0. The number of nitrogens with zero attached hydrogens (tertiary/aromatic N) is 4. The molecule has 0 spiro atoms. The number of hydrogen-bond donors (Lipinski definition) is 0. The first-order valence-electron chi connectivity index (χ1n) is 16.9. The van der Waals surface area contributed by atoms with E-state index in [1.54, 1.807) is 0 Å². The highest BCUT2D eigenvalue weighted by Crippen LogP contribution is 2.81. The second-order valence-electron chi connectivity index (χ2n) is 13.6. The zero-order valence-corrected chi connectivity index (χ0v) is 28.1. The van der Waals surface area contributed by atoms with Crippen LogP contribution in [0, 0.1) is 0 Å². The Morgan fingerprint density at radius 3 is 0.720 bits per heavy atom. The smallest absolute Gasteiger partial charge is 0.269 e. The van der Waals surface area contributed by atoms with Crippen molar-refractivity contribution in [3.8, 4) is 44.5 Å². The van der Waals surface area contributed by atoms with Crippen LogP contribution in [0.3, 0.4) is 0 Å². The minimum Gasteiger partial charge on any atom is -0.269 e. The van der Waals surface area contributed by atoms with E-state index in [9.17, 15) is 0 Å². The van der Waals surface area contributed by atoms with Gasteiger partial charge in [-0.05, 0) is 48.5 Å². The molecule has 6 aliphatic heterocycles. The largest absolute Gasteiger partial charge is 0.302 e. The number of benzene rings is 7. The normalized spacial score (nSPS) is 17.1. The van der Waals surface area contributed by atoms with E-state index >= 15 is 9.13 Å². The molecular formula is C42H24N4O2P2. The van der Waals surface area contributed by atoms with Crippen molar-refractivity contribution in [2.75, 3.05) is 18.7 Å². The molecule has 50 heavy (non-hydrogen) atoms. The highest BCUT2D eigenvalue weighted by atomic mass is 31.2. The van der Waals surface area contributed by atoms with Gasteiger partial charge in [-0.2, -0.15) is 0 Å². The Labute approximate surface area is 288 Å². The van der Waals surface area contributed by atoms with Crippen molar-refractivity contribution >= 4 is 71.0 Å². The number of anilines is 8. The number of para-hydroxylation sites is 8. The van der Waals surface area contributed by atoms with Gasteiger partial charge in [0.15, 0.2) is 0 Å². The molecule has 0 saturated carbocycles. The first-order chi connectivity index (χ1) is 24.6. The van der Waals surface area contributed by atoms with Crippen LogP contribution in [-0.4, -0.2) is 0 Å². The molecule has 6 heterocycles. The second-order valence-corrected chi connectivity index (χ2v) is 18.2. The summed E-state index contributed by atoms with van der Waals surface area (Å²) in [6.07, 6.45) is 0. The monoisotopic (exact) mass is 678 g/mol. The molecule has 7 aromatic carbocycles. The molecule has 8 heteroatoms. The van der Waals surface area contributed by atoms with Gasteiger partial charge in [-0.1, -0.05) is 97.1 Å². The molecule has 0 aliphatic carbocycles. The van der Waals surface area contributed by atoms with Crippen LogP contribution in [0.1, 0.15) is 0 Å². The zero-order valence-electron chi connectivity index (χ0n) is 26.4. The Morgan fingerprint density at radius 2 is 0.480 bits per heavy atom. The molecule has 0 radical (unpaired) electrons. The van der Waals surface area contributed by atoms with Gasteiger partial charge in [0.1, 0.15) is 0 Å². The van der Waals surface area contributed by atoms with Gasteiger partial charge in [0, 0.05) is 44.5 Å². The van der Waals surface area contributed by atoms with Gasteiger partial charge in [0.25, 0.3) is 0 Å². The van der Waals surface area contributed by atoms with Crippen molar-refractivity contribution in [3.05, 3.63) is 146 Å². The third-order valence-electron chi connectivity index (χ3n) is 11.4. The highest BCUT2D eigenvalue weighted by molar-refractivity contribution is 7.78. The fourth-order valence-electron chi connectivity index (χ4n) is 9.75. The maximum atomic E-state index is 16.8. The molecule has 0 aromatic heterocycles. The molecule has 7 aromatic rings. The van der Waals surface area contributed by atoms with Crippen LogP contribution in [0.15, 0.2) is 146 Å². The van der Waals surface area contributed by atoms with Crippen LogP contribution in [0.25, 0.3) is 44.5 Å². The van der Waals surface area contributed by atoms with Gasteiger partial charge in [0.2, 0.25) is 0 Å². The van der Waals surface area contributed by atoms with Crippen LogP contribution >= 0.6 is 14.9 Å². The summed E-state index contributed by atoms with van der Waals surface area (Å²) in [6, 6.07) is 49.9. The summed E-state index contributed by atoms with van der Waals surface area (Å²) in [5, 5.41) is 1.66. The Kier molecular flexibility index (Phi) is 4.34. The van der Waals surface area contributed by atoms with Crippen molar-refractivity contribution < 1.29 is 9.13 Å². The highest BCUT2D eigenvalue weighted by Gasteiger charge is 2.63. The van der Waals surface area contributed by atoms with Crippen LogP contribution in [0.2, 0.25) is 0 Å². The van der Waals surface area contributed by atoms with Crippen LogP contribution in [-0.2, 0) is 9.13 Å². The lowest BCUT2D eigenvalue weighted by Gasteiger charge is -2.49. The van der Waals surface area contributed by atoms with Crippen molar-refractivity contribution in [2.24, 2.45) is 0 Å². The van der Waals surface area contributed by atoms with Crippen molar-refractivity contribution in [1.82, 2.24) is 0 Å². The van der Waals surface area contributed by atoms with Gasteiger partial charge in [0.05, 0.1) is 56.1 Å². The Hall–Kier alpha value is -5.80. The molecule has 6 nitrogen and oxygen atoms in total. The van der Waals surface area contributed by atoms with E-state index in [1.165, 1.54) is 0 Å². The second kappa shape index (κ2) is 8.31. The fourth-order valence-corrected chi connectivity index (χ4v) is 16.7. The average molecular weight is 679 g/mol. The topological polar surface area (TPSA) is 47.1 Å². The minimum absolute atomic E-state index is 0.828. The molecule has 0 atom stereocenters. The van der Waals surface area contributed by atoms with Crippen LogP contribution in [0.4, 0.5) is 45.5 Å². The lowest BCUT2D eigenvalue weighted by atomic mass is 9.83. The van der Waals surface area contributed by atoms with Gasteiger partial charge in [-0.3, -0.25) is 27.8 Å². The first kappa shape index (κ1) is 26.1. The summed E-state index contributed by atoms with van der Waals surface area (Å²) < 4.78 is 42.2. The van der Waals surface area contributed by atoms with Gasteiger partial charge in [-0.25, -0.2) is 0 Å². The molecule has 0 N–H and O–H groups in total. The van der Waals surface area contributed by atoms with E-state index in [0.717, 1.165) is 101 Å². The first-order valence-corrected chi connectivity index (χ1v) is 20.1. The molecule has 0 amide bonds. The third-order valence-corrected chi connectivity index (χ3v) is 17.3. The van der Waals surface area contributed by atoms with Gasteiger partial charge >= 0.3 is 14.9 Å². The summed E-state index contributed by atoms with van der Waals surface area (Å²) in [5.41, 5.74) is 15.1. The number of rotatable bonds is 0. The molecule has 0 fully saturated rings. The molecule has 0 unspecified atom stereocenters. The van der Waals surface area contributed by atoms with E-state index in [0.29, 0.717) is 0 Å². The molecule has 0 bridgehead atoms. The maximum Gasteiger partial charge on any atom is 0.302 e. The van der Waals surface area contributed by atoms with Crippen molar-refractivity contribution in [2.45, 2.75) is 0 Å². The van der Waals surface area contributed by atoms with Crippen LogP contribution < -0.4 is 29.3 Å². The lowest BCUT2D eigenvalue weighted by molar-refractivity contribution is 0.581. The zero-order chi connectivity index (χ0) is 32.7. The Balaban J connectivity index is 1.34. The quantitative estimate of drug-likeness (QED) is 0.149. The van der Waals surface area contributed by atoms with Crippen LogP contribution in [0.5, 0.6) is 0 Å². The number of hydrogen-bond acceptors (Lipinski definition) is 2. The van der Waals surface area contributed by atoms with Crippen molar-refractivity contribution in [1.29, 1.82) is 0 Å². The SMILES string of the molecule is O=P12c3c4c5c6c(c3-c3ccccc3N1c1ccccc1N2c1ccccc1-4)-c1ccccc1N1c2ccccc2N(c2ccccc2-5)P61=O. The maximum absolute atomic E-state index is 16.8. The number of fused-ring (bicyclic) bond motifs is 20. The third kappa shape index (κ3) is 2.53. The van der Waals surface area contributed by atoms with E-state index in [-0.39, 0.29) is 0 Å². The van der Waals surface area contributed by atoms with Gasteiger partial charge < -0.3 is 0 Å².